The summed E-state index contributed by atoms with van der Waals surface area (Å²) in [6, 6.07) is 6.85. The lowest BCUT2D eigenvalue weighted by molar-refractivity contribution is -0.117. The molecule has 2 saturated heterocycles. The molecule has 3 rings (SSSR count). The van der Waals surface area contributed by atoms with Gasteiger partial charge in [-0.1, -0.05) is 13.0 Å². The van der Waals surface area contributed by atoms with E-state index < -0.39 is 9.84 Å². The van der Waals surface area contributed by atoms with Crippen molar-refractivity contribution in [1.82, 2.24) is 4.90 Å². The number of benzene rings is 1. The number of sulfone groups is 1. The Kier molecular flexibility index (Phi) is 5.13. The second kappa shape index (κ2) is 7.15. The number of anilines is 1. The predicted molar refractivity (Wildman–Crippen MR) is 96.4 cm³/mol. The fraction of sp³-hybridized carbons (Fsp3) is 0.556. The average molecular weight is 364 g/mol. The van der Waals surface area contributed by atoms with Crippen molar-refractivity contribution in [2.75, 3.05) is 29.5 Å². The molecule has 2 aliphatic heterocycles. The van der Waals surface area contributed by atoms with Crippen LogP contribution >= 0.6 is 0 Å². The van der Waals surface area contributed by atoms with Gasteiger partial charge < -0.3 is 9.80 Å². The van der Waals surface area contributed by atoms with Crippen molar-refractivity contribution < 1.29 is 18.0 Å². The van der Waals surface area contributed by atoms with E-state index in [4.69, 9.17) is 0 Å². The first-order valence-electron chi connectivity index (χ1n) is 8.83. The molecule has 0 radical (unpaired) electrons. The van der Waals surface area contributed by atoms with E-state index in [1.165, 1.54) is 0 Å². The van der Waals surface area contributed by atoms with Crippen LogP contribution in [0, 0.1) is 0 Å². The van der Waals surface area contributed by atoms with E-state index in [0.717, 1.165) is 18.5 Å². The maximum absolute atomic E-state index is 13.0. The molecule has 1 aromatic carbocycles. The molecule has 1 aromatic rings. The number of carbonyl (C=O) groups excluding carboxylic acids is 2. The summed E-state index contributed by atoms with van der Waals surface area (Å²) >= 11 is 0. The molecular formula is C18H24N2O4S. The minimum absolute atomic E-state index is 0.0447. The van der Waals surface area contributed by atoms with E-state index in [9.17, 15) is 18.0 Å². The van der Waals surface area contributed by atoms with Crippen molar-refractivity contribution in [1.29, 1.82) is 0 Å². The number of hydrogen-bond acceptors (Lipinski definition) is 4. The molecule has 0 bridgehead atoms. The van der Waals surface area contributed by atoms with Gasteiger partial charge in [-0.05, 0) is 37.5 Å². The SMILES string of the molecule is CCCN(C(=O)c1cccc(N2CCCC2=O)c1)C1CCS(=O)(=O)C1. The van der Waals surface area contributed by atoms with Crippen molar-refractivity contribution in [3.63, 3.8) is 0 Å². The monoisotopic (exact) mass is 364 g/mol. The van der Waals surface area contributed by atoms with E-state index in [0.29, 0.717) is 31.5 Å². The maximum Gasteiger partial charge on any atom is 0.254 e. The Morgan fingerprint density at radius 3 is 2.76 bits per heavy atom. The zero-order valence-electron chi connectivity index (χ0n) is 14.5. The summed E-state index contributed by atoms with van der Waals surface area (Å²) in [5, 5.41) is 0. The van der Waals surface area contributed by atoms with Crippen LogP contribution < -0.4 is 4.90 Å². The average Bonchev–Trinajstić information content (AvgIpc) is 3.17. The zero-order valence-corrected chi connectivity index (χ0v) is 15.3. The van der Waals surface area contributed by atoms with Gasteiger partial charge in [-0.15, -0.1) is 0 Å². The summed E-state index contributed by atoms with van der Waals surface area (Å²) in [5.74, 6) is 0.116. The molecule has 2 amide bonds. The normalized spacial score (nSPS) is 22.4. The highest BCUT2D eigenvalue weighted by molar-refractivity contribution is 7.91. The van der Waals surface area contributed by atoms with Crippen molar-refractivity contribution >= 4 is 27.3 Å². The minimum Gasteiger partial charge on any atom is -0.335 e. The second-order valence-corrected chi connectivity index (χ2v) is 8.98. The minimum atomic E-state index is -3.05. The Hall–Kier alpha value is -1.89. The summed E-state index contributed by atoms with van der Waals surface area (Å²) in [6.07, 6.45) is 2.64. The fourth-order valence-electron chi connectivity index (χ4n) is 3.61. The van der Waals surface area contributed by atoms with Gasteiger partial charge in [0.15, 0.2) is 9.84 Å². The highest BCUT2D eigenvalue weighted by Crippen LogP contribution is 2.25. The molecule has 25 heavy (non-hydrogen) atoms. The quantitative estimate of drug-likeness (QED) is 0.799. The largest absolute Gasteiger partial charge is 0.335 e. The fourth-order valence-corrected chi connectivity index (χ4v) is 5.34. The standard InChI is InChI=1S/C18H24N2O4S/c1-2-9-20(16-8-11-25(23,24)13-16)18(22)14-5-3-6-15(12-14)19-10-4-7-17(19)21/h3,5-6,12,16H,2,4,7-11,13H2,1H3. The molecule has 1 unspecified atom stereocenters. The maximum atomic E-state index is 13.0. The van der Waals surface area contributed by atoms with Crippen molar-refractivity contribution in [3.05, 3.63) is 29.8 Å². The smallest absolute Gasteiger partial charge is 0.254 e. The first-order chi connectivity index (χ1) is 11.9. The van der Waals surface area contributed by atoms with Crippen molar-refractivity contribution in [2.45, 2.75) is 38.6 Å². The van der Waals surface area contributed by atoms with Crippen LogP contribution in [0.3, 0.4) is 0 Å². The highest BCUT2D eigenvalue weighted by atomic mass is 32.2. The first-order valence-corrected chi connectivity index (χ1v) is 10.7. The number of carbonyl (C=O) groups is 2. The van der Waals surface area contributed by atoms with Gasteiger partial charge >= 0.3 is 0 Å². The second-order valence-electron chi connectivity index (χ2n) is 6.75. The molecular weight excluding hydrogens is 340 g/mol. The van der Waals surface area contributed by atoms with Gasteiger partial charge in [-0.25, -0.2) is 8.42 Å². The lowest BCUT2D eigenvalue weighted by Gasteiger charge is -2.28. The Morgan fingerprint density at radius 1 is 1.36 bits per heavy atom. The van der Waals surface area contributed by atoms with Crippen LogP contribution in [0.2, 0.25) is 0 Å². The molecule has 1 atom stereocenters. The lowest BCUT2D eigenvalue weighted by Crippen LogP contribution is -2.41. The van der Waals surface area contributed by atoms with E-state index >= 15 is 0 Å². The van der Waals surface area contributed by atoms with E-state index in [2.05, 4.69) is 0 Å². The molecule has 0 N–H and O–H groups in total. The van der Waals surface area contributed by atoms with E-state index in [1.54, 1.807) is 28.0 Å². The van der Waals surface area contributed by atoms with E-state index in [-0.39, 0.29) is 29.4 Å². The summed E-state index contributed by atoms with van der Waals surface area (Å²) in [6.45, 7) is 3.19. The van der Waals surface area contributed by atoms with Crippen molar-refractivity contribution in [2.24, 2.45) is 0 Å². The van der Waals surface area contributed by atoms with Crippen LogP contribution in [0.15, 0.2) is 24.3 Å². The molecule has 2 fully saturated rings. The molecule has 0 spiro atoms. The topological polar surface area (TPSA) is 74.8 Å². The number of hydrogen-bond donors (Lipinski definition) is 0. The van der Waals surface area contributed by atoms with Gasteiger partial charge in [0.1, 0.15) is 0 Å². The molecule has 7 heteroatoms. The van der Waals surface area contributed by atoms with Gasteiger partial charge in [-0.2, -0.15) is 0 Å². The molecule has 2 heterocycles. The molecule has 0 aromatic heterocycles. The van der Waals surface area contributed by atoms with Crippen LogP contribution in [-0.4, -0.2) is 55.8 Å². The van der Waals surface area contributed by atoms with Gasteiger partial charge in [-0.3, -0.25) is 9.59 Å². The Morgan fingerprint density at radius 2 is 2.16 bits per heavy atom. The Balaban J connectivity index is 1.83. The van der Waals surface area contributed by atoms with Crippen LogP contribution in [0.25, 0.3) is 0 Å². The number of rotatable bonds is 5. The van der Waals surface area contributed by atoms with E-state index in [1.807, 2.05) is 13.0 Å². The summed E-state index contributed by atoms with van der Waals surface area (Å²) in [5.41, 5.74) is 1.25. The lowest BCUT2D eigenvalue weighted by atomic mass is 10.1. The molecule has 136 valence electrons. The third-order valence-corrected chi connectivity index (χ3v) is 6.60. The van der Waals surface area contributed by atoms with Gasteiger partial charge in [0.25, 0.3) is 5.91 Å². The summed E-state index contributed by atoms with van der Waals surface area (Å²) in [7, 11) is -3.05. The zero-order chi connectivity index (χ0) is 18.0. The number of amides is 2. The third-order valence-electron chi connectivity index (χ3n) is 4.85. The Labute approximate surface area is 148 Å². The molecule has 6 nitrogen and oxygen atoms in total. The Bertz CT molecular complexity index is 775. The highest BCUT2D eigenvalue weighted by Gasteiger charge is 2.34. The van der Waals surface area contributed by atoms with Crippen LogP contribution in [0.1, 0.15) is 43.0 Å². The molecule has 2 aliphatic rings. The van der Waals surface area contributed by atoms with Crippen molar-refractivity contribution in [3.8, 4) is 0 Å². The first kappa shape index (κ1) is 17.9. The summed E-state index contributed by atoms with van der Waals surface area (Å²) < 4.78 is 23.6. The van der Waals surface area contributed by atoms with Gasteiger partial charge in [0.2, 0.25) is 5.91 Å². The third kappa shape index (κ3) is 3.86. The molecule has 0 aliphatic carbocycles. The van der Waals surface area contributed by atoms with Crippen LogP contribution in [-0.2, 0) is 14.6 Å². The molecule has 0 saturated carbocycles. The predicted octanol–water partition coefficient (Wildman–Crippen LogP) is 1.85. The number of nitrogens with zero attached hydrogens (tertiary/aromatic N) is 2. The van der Waals surface area contributed by atoms with Crippen LogP contribution in [0.5, 0.6) is 0 Å². The van der Waals surface area contributed by atoms with Crippen LogP contribution in [0.4, 0.5) is 5.69 Å². The van der Waals surface area contributed by atoms with Gasteiger partial charge in [0.05, 0.1) is 11.5 Å². The van der Waals surface area contributed by atoms with Gasteiger partial charge in [0, 0.05) is 36.8 Å². The summed E-state index contributed by atoms with van der Waals surface area (Å²) in [4.78, 5) is 28.3.